The number of nitrogens with two attached hydrogens (primary N) is 1. The average Bonchev–Trinajstić information content (AvgIpc) is 2.62. The minimum Gasteiger partial charge on any atom is -0.399 e. The first kappa shape index (κ1) is 16.4. The molecular formula is C18H18N6O. The smallest absolute Gasteiger partial charge is 0.256 e. The lowest BCUT2D eigenvalue weighted by atomic mass is 10.2. The largest absolute Gasteiger partial charge is 0.399 e. The lowest BCUT2D eigenvalue weighted by Crippen LogP contribution is -2.15. The normalized spacial score (nSPS) is 10.3. The van der Waals surface area contributed by atoms with Gasteiger partial charge in [-0.05, 0) is 37.3 Å². The Morgan fingerprint density at radius 1 is 1.08 bits per heavy atom. The van der Waals surface area contributed by atoms with Crippen LogP contribution < -0.4 is 16.4 Å². The Labute approximate surface area is 145 Å². The molecular weight excluding hydrogens is 316 g/mol. The maximum Gasteiger partial charge on any atom is 0.256 e. The Bertz CT molecular complexity index is 882. The topological polar surface area (TPSA) is 106 Å². The third-order valence-corrected chi connectivity index (χ3v) is 3.38. The molecule has 1 aromatic carbocycles. The maximum absolute atomic E-state index is 12.4. The number of amides is 1. The lowest BCUT2D eigenvalue weighted by molar-refractivity contribution is 0.102. The SMILES string of the molecule is CCNc1nc(NC(=O)c2cccc(N)c2)cc(-c2ccccn2)n1. The first-order valence-corrected chi connectivity index (χ1v) is 7.87. The molecule has 0 radical (unpaired) electrons. The molecule has 0 aliphatic rings. The van der Waals surface area contributed by atoms with Gasteiger partial charge in [0.2, 0.25) is 5.95 Å². The first-order chi connectivity index (χ1) is 12.2. The highest BCUT2D eigenvalue weighted by atomic mass is 16.1. The molecule has 2 aromatic heterocycles. The number of carbonyl (C=O) groups excluding carboxylic acids is 1. The molecule has 0 fully saturated rings. The summed E-state index contributed by atoms with van der Waals surface area (Å²) in [5.74, 6) is 0.521. The van der Waals surface area contributed by atoms with Crippen LogP contribution in [0.2, 0.25) is 0 Å². The number of hydrogen-bond acceptors (Lipinski definition) is 6. The van der Waals surface area contributed by atoms with Crippen LogP contribution in [0.4, 0.5) is 17.5 Å². The minimum absolute atomic E-state index is 0.291. The molecule has 2 heterocycles. The van der Waals surface area contributed by atoms with Crippen molar-refractivity contribution in [2.24, 2.45) is 0 Å². The molecule has 0 unspecified atom stereocenters. The van der Waals surface area contributed by atoms with Gasteiger partial charge in [0.15, 0.2) is 0 Å². The van der Waals surface area contributed by atoms with Gasteiger partial charge in [-0.25, -0.2) is 4.98 Å². The van der Waals surface area contributed by atoms with E-state index >= 15 is 0 Å². The zero-order valence-corrected chi connectivity index (χ0v) is 13.7. The summed E-state index contributed by atoms with van der Waals surface area (Å²) >= 11 is 0. The van der Waals surface area contributed by atoms with Crippen LogP contribution >= 0.6 is 0 Å². The summed E-state index contributed by atoms with van der Waals surface area (Å²) in [7, 11) is 0. The van der Waals surface area contributed by atoms with Gasteiger partial charge < -0.3 is 16.4 Å². The van der Waals surface area contributed by atoms with Gasteiger partial charge in [0.1, 0.15) is 5.82 Å². The summed E-state index contributed by atoms with van der Waals surface area (Å²) in [6, 6.07) is 14.0. The summed E-state index contributed by atoms with van der Waals surface area (Å²) in [5.41, 5.74) is 8.03. The standard InChI is InChI=1S/C18H18N6O/c1-2-20-18-22-15(14-8-3-4-9-21-14)11-16(24-18)23-17(25)12-6-5-7-13(19)10-12/h3-11H,2,19H2,1H3,(H2,20,22,23,24,25). The van der Waals surface area contributed by atoms with Crippen molar-refractivity contribution in [1.82, 2.24) is 15.0 Å². The van der Waals surface area contributed by atoms with Gasteiger partial charge in [0.25, 0.3) is 5.91 Å². The number of rotatable bonds is 5. The molecule has 0 saturated heterocycles. The van der Waals surface area contributed by atoms with E-state index < -0.39 is 0 Å². The van der Waals surface area contributed by atoms with E-state index in [1.807, 2.05) is 25.1 Å². The Kier molecular flexibility index (Phi) is 4.84. The van der Waals surface area contributed by atoms with E-state index in [1.54, 1.807) is 36.5 Å². The number of benzene rings is 1. The van der Waals surface area contributed by atoms with Crippen molar-refractivity contribution in [2.75, 3.05) is 22.9 Å². The van der Waals surface area contributed by atoms with E-state index in [0.717, 1.165) is 0 Å². The van der Waals surface area contributed by atoms with Gasteiger partial charge in [-0.1, -0.05) is 12.1 Å². The summed E-state index contributed by atoms with van der Waals surface area (Å²) < 4.78 is 0. The van der Waals surface area contributed by atoms with Crippen LogP contribution in [0.25, 0.3) is 11.4 Å². The van der Waals surface area contributed by atoms with Crippen LogP contribution in [0.5, 0.6) is 0 Å². The third-order valence-electron chi connectivity index (χ3n) is 3.38. The molecule has 0 atom stereocenters. The Morgan fingerprint density at radius 2 is 1.96 bits per heavy atom. The number of carbonyl (C=O) groups is 1. The Hall–Kier alpha value is -3.48. The molecule has 1 amide bonds. The van der Waals surface area contributed by atoms with Crippen molar-refractivity contribution in [3.05, 3.63) is 60.3 Å². The van der Waals surface area contributed by atoms with Crippen LogP contribution in [0, 0.1) is 0 Å². The highest BCUT2D eigenvalue weighted by Crippen LogP contribution is 2.20. The van der Waals surface area contributed by atoms with Crippen molar-refractivity contribution in [1.29, 1.82) is 0 Å². The summed E-state index contributed by atoms with van der Waals surface area (Å²) in [6.07, 6.45) is 1.69. The molecule has 7 nitrogen and oxygen atoms in total. The highest BCUT2D eigenvalue weighted by molar-refractivity contribution is 6.04. The number of pyridine rings is 1. The first-order valence-electron chi connectivity index (χ1n) is 7.87. The Morgan fingerprint density at radius 3 is 2.68 bits per heavy atom. The molecule has 0 spiro atoms. The fourth-order valence-corrected chi connectivity index (χ4v) is 2.26. The molecule has 3 rings (SSSR count). The molecule has 0 bridgehead atoms. The van der Waals surface area contributed by atoms with Crippen LogP contribution in [0.1, 0.15) is 17.3 Å². The van der Waals surface area contributed by atoms with Crippen molar-refractivity contribution in [3.8, 4) is 11.4 Å². The van der Waals surface area contributed by atoms with E-state index in [0.29, 0.717) is 40.9 Å². The van der Waals surface area contributed by atoms with Gasteiger partial charge in [0, 0.05) is 30.1 Å². The van der Waals surface area contributed by atoms with E-state index in [9.17, 15) is 4.79 Å². The summed E-state index contributed by atoms with van der Waals surface area (Å²) in [6.45, 7) is 2.61. The zero-order chi connectivity index (χ0) is 17.6. The number of nitrogens with zero attached hydrogens (tertiary/aromatic N) is 3. The number of nitrogens with one attached hydrogen (secondary N) is 2. The van der Waals surface area contributed by atoms with Gasteiger partial charge >= 0.3 is 0 Å². The van der Waals surface area contributed by atoms with E-state index in [2.05, 4.69) is 25.6 Å². The molecule has 0 saturated carbocycles. The monoisotopic (exact) mass is 334 g/mol. The predicted octanol–water partition coefficient (Wildman–Crippen LogP) is 2.80. The van der Waals surface area contributed by atoms with Crippen LogP contribution in [-0.2, 0) is 0 Å². The molecule has 0 aliphatic heterocycles. The quantitative estimate of drug-likeness (QED) is 0.620. The number of nitrogen functional groups attached to an aromatic ring is 1. The summed E-state index contributed by atoms with van der Waals surface area (Å²) in [5, 5.41) is 5.84. The van der Waals surface area contributed by atoms with Crippen LogP contribution in [-0.4, -0.2) is 27.4 Å². The second-order valence-corrected chi connectivity index (χ2v) is 5.29. The van der Waals surface area contributed by atoms with E-state index in [-0.39, 0.29) is 5.91 Å². The van der Waals surface area contributed by atoms with Gasteiger partial charge in [0.05, 0.1) is 11.4 Å². The maximum atomic E-state index is 12.4. The van der Waals surface area contributed by atoms with E-state index in [1.165, 1.54) is 0 Å². The van der Waals surface area contributed by atoms with Gasteiger partial charge in [-0.15, -0.1) is 0 Å². The molecule has 25 heavy (non-hydrogen) atoms. The minimum atomic E-state index is -0.291. The van der Waals surface area contributed by atoms with Crippen LogP contribution in [0.15, 0.2) is 54.7 Å². The fourth-order valence-electron chi connectivity index (χ4n) is 2.26. The van der Waals surface area contributed by atoms with E-state index in [4.69, 9.17) is 5.73 Å². The average molecular weight is 334 g/mol. The second-order valence-electron chi connectivity index (χ2n) is 5.29. The molecule has 3 aromatic rings. The van der Waals surface area contributed by atoms with Gasteiger partial charge in [-0.2, -0.15) is 4.98 Å². The van der Waals surface area contributed by atoms with Crippen LogP contribution in [0.3, 0.4) is 0 Å². The van der Waals surface area contributed by atoms with Gasteiger partial charge in [-0.3, -0.25) is 9.78 Å². The third kappa shape index (κ3) is 4.08. The van der Waals surface area contributed by atoms with Crippen molar-refractivity contribution in [3.63, 3.8) is 0 Å². The number of aromatic nitrogens is 3. The fraction of sp³-hybridized carbons (Fsp3) is 0.111. The highest BCUT2D eigenvalue weighted by Gasteiger charge is 2.11. The van der Waals surface area contributed by atoms with Crippen molar-refractivity contribution < 1.29 is 4.79 Å². The predicted molar refractivity (Wildman–Crippen MR) is 98.2 cm³/mol. The van der Waals surface area contributed by atoms with Crippen molar-refractivity contribution >= 4 is 23.4 Å². The lowest BCUT2D eigenvalue weighted by Gasteiger charge is -2.10. The Balaban J connectivity index is 1.92. The number of anilines is 3. The van der Waals surface area contributed by atoms with Crippen molar-refractivity contribution in [2.45, 2.75) is 6.92 Å². The molecule has 0 aliphatic carbocycles. The summed E-state index contributed by atoms with van der Waals surface area (Å²) in [4.78, 5) is 25.5. The number of hydrogen-bond donors (Lipinski definition) is 3. The zero-order valence-electron chi connectivity index (χ0n) is 13.7. The second kappa shape index (κ2) is 7.39. The molecule has 126 valence electrons. The molecule has 4 N–H and O–H groups in total. The molecule has 7 heteroatoms.